The molecule has 4 nitrogen and oxygen atoms in total. The molecule has 1 aromatic rings. The van der Waals surface area contributed by atoms with Gasteiger partial charge in [-0.25, -0.2) is 9.18 Å². The van der Waals surface area contributed by atoms with Crippen molar-refractivity contribution >= 4 is 17.8 Å². The summed E-state index contributed by atoms with van der Waals surface area (Å²) in [5.41, 5.74) is -0.923. The van der Waals surface area contributed by atoms with E-state index < -0.39 is 5.60 Å². The Labute approximate surface area is 123 Å². The number of amides is 2. The standard InChI is InChI=1S/C14H21FN2O2S/c1-14(2,19)10-17(3)13(18)16-8-9-20-12-7-5-4-6-11(12)15/h4-7,19H,8-10H2,1-3H3,(H,16,18). The van der Waals surface area contributed by atoms with Gasteiger partial charge in [-0.1, -0.05) is 12.1 Å². The van der Waals surface area contributed by atoms with Crippen LogP contribution in [0.15, 0.2) is 29.2 Å². The number of halogens is 1. The monoisotopic (exact) mass is 300 g/mol. The highest BCUT2D eigenvalue weighted by Gasteiger charge is 2.18. The Hall–Kier alpha value is -1.27. The molecular weight excluding hydrogens is 279 g/mol. The molecule has 0 aliphatic heterocycles. The van der Waals surface area contributed by atoms with Crippen LogP contribution in [0.5, 0.6) is 0 Å². The van der Waals surface area contributed by atoms with Crippen LogP contribution in [-0.4, -0.2) is 47.5 Å². The summed E-state index contributed by atoms with van der Waals surface area (Å²) in [5.74, 6) is 0.339. The van der Waals surface area contributed by atoms with Crippen LogP contribution in [-0.2, 0) is 0 Å². The van der Waals surface area contributed by atoms with Crippen molar-refractivity contribution in [3.05, 3.63) is 30.1 Å². The van der Waals surface area contributed by atoms with Gasteiger partial charge in [-0.05, 0) is 26.0 Å². The summed E-state index contributed by atoms with van der Waals surface area (Å²) in [4.78, 5) is 13.7. The second-order valence-electron chi connectivity index (χ2n) is 5.18. The zero-order valence-electron chi connectivity index (χ0n) is 12.0. The fraction of sp³-hybridized carbons (Fsp3) is 0.500. The normalized spacial score (nSPS) is 11.2. The van der Waals surface area contributed by atoms with Gasteiger partial charge in [0.25, 0.3) is 0 Å². The van der Waals surface area contributed by atoms with Crippen molar-refractivity contribution in [2.24, 2.45) is 0 Å². The van der Waals surface area contributed by atoms with Crippen molar-refractivity contribution in [3.63, 3.8) is 0 Å². The van der Waals surface area contributed by atoms with Gasteiger partial charge in [0, 0.05) is 24.2 Å². The molecule has 0 heterocycles. The maximum absolute atomic E-state index is 13.3. The van der Waals surface area contributed by atoms with Gasteiger partial charge >= 0.3 is 6.03 Å². The molecule has 112 valence electrons. The summed E-state index contributed by atoms with van der Waals surface area (Å²) in [6.07, 6.45) is 0. The maximum atomic E-state index is 13.3. The van der Waals surface area contributed by atoms with Crippen LogP contribution in [0.3, 0.4) is 0 Å². The van der Waals surface area contributed by atoms with Crippen molar-refractivity contribution in [1.82, 2.24) is 10.2 Å². The molecule has 0 bridgehead atoms. The Morgan fingerprint density at radius 2 is 2.10 bits per heavy atom. The quantitative estimate of drug-likeness (QED) is 0.626. The molecule has 20 heavy (non-hydrogen) atoms. The van der Waals surface area contributed by atoms with Gasteiger partial charge in [0.2, 0.25) is 0 Å². The highest BCUT2D eigenvalue weighted by Crippen LogP contribution is 2.20. The molecule has 0 saturated heterocycles. The van der Waals surface area contributed by atoms with Crippen molar-refractivity contribution in [2.45, 2.75) is 24.3 Å². The fourth-order valence-corrected chi connectivity index (χ4v) is 2.47. The number of urea groups is 1. The number of carbonyl (C=O) groups is 1. The summed E-state index contributed by atoms with van der Waals surface area (Å²) in [6.45, 7) is 3.98. The Morgan fingerprint density at radius 1 is 1.45 bits per heavy atom. The smallest absolute Gasteiger partial charge is 0.317 e. The molecular formula is C14H21FN2O2S. The molecule has 0 saturated carbocycles. The van der Waals surface area contributed by atoms with Gasteiger partial charge in [-0.2, -0.15) is 0 Å². The number of nitrogens with zero attached hydrogens (tertiary/aromatic N) is 1. The third-order valence-electron chi connectivity index (χ3n) is 2.44. The molecule has 1 rings (SSSR count). The second kappa shape index (κ2) is 7.50. The summed E-state index contributed by atoms with van der Waals surface area (Å²) in [7, 11) is 1.62. The average molecular weight is 300 g/mol. The zero-order chi connectivity index (χ0) is 15.2. The van der Waals surface area contributed by atoms with Crippen LogP contribution >= 0.6 is 11.8 Å². The van der Waals surface area contributed by atoms with Gasteiger partial charge in [0.15, 0.2) is 0 Å². The number of rotatable bonds is 6. The first kappa shape index (κ1) is 16.8. The SMILES string of the molecule is CN(CC(C)(C)O)C(=O)NCCSc1ccccc1F. The minimum atomic E-state index is -0.923. The lowest BCUT2D eigenvalue weighted by Crippen LogP contribution is -2.45. The van der Waals surface area contributed by atoms with Crippen molar-refractivity contribution in [3.8, 4) is 0 Å². The number of aliphatic hydroxyl groups is 1. The summed E-state index contributed by atoms with van der Waals surface area (Å²) in [6, 6.07) is 6.30. The minimum Gasteiger partial charge on any atom is -0.389 e. The third-order valence-corrected chi connectivity index (χ3v) is 3.49. The van der Waals surface area contributed by atoms with Crippen LogP contribution in [0.2, 0.25) is 0 Å². The Bertz CT molecular complexity index is 449. The maximum Gasteiger partial charge on any atom is 0.317 e. The van der Waals surface area contributed by atoms with E-state index in [4.69, 9.17) is 0 Å². The zero-order valence-corrected chi connectivity index (χ0v) is 12.8. The van der Waals surface area contributed by atoms with Gasteiger partial charge in [-0.15, -0.1) is 11.8 Å². The molecule has 0 radical (unpaired) electrons. The number of nitrogens with one attached hydrogen (secondary N) is 1. The molecule has 2 amide bonds. The molecule has 6 heteroatoms. The summed E-state index contributed by atoms with van der Waals surface area (Å²) >= 11 is 1.36. The highest BCUT2D eigenvalue weighted by molar-refractivity contribution is 7.99. The molecule has 1 aromatic carbocycles. The molecule has 0 aromatic heterocycles. The predicted molar refractivity (Wildman–Crippen MR) is 79.5 cm³/mol. The molecule has 0 spiro atoms. The first-order valence-electron chi connectivity index (χ1n) is 6.38. The number of hydrogen-bond acceptors (Lipinski definition) is 3. The number of hydrogen-bond donors (Lipinski definition) is 2. The minimum absolute atomic E-state index is 0.247. The molecule has 0 aliphatic rings. The lowest BCUT2D eigenvalue weighted by Gasteiger charge is -2.25. The van der Waals surface area contributed by atoms with E-state index in [1.54, 1.807) is 39.1 Å². The van der Waals surface area contributed by atoms with Crippen LogP contribution in [0.25, 0.3) is 0 Å². The molecule has 0 aliphatic carbocycles. The first-order valence-corrected chi connectivity index (χ1v) is 7.37. The second-order valence-corrected chi connectivity index (χ2v) is 6.32. The topological polar surface area (TPSA) is 52.6 Å². The van der Waals surface area contributed by atoms with Gasteiger partial charge in [0.1, 0.15) is 5.82 Å². The summed E-state index contributed by atoms with van der Waals surface area (Å²) < 4.78 is 13.3. The number of carbonyl (C=O) groups excluding carboxylic acids is 1. The van der Waals surface area contributed by atoms with Crippen LogP contribution < -0.4 is 5.32 Å². The van der Waals surface area contributed by atoms with E-state index >= 15 is 0 Å². The number of likely N-dealkylation sites (N-methyl/N-ethyl adjacent to an activating group) is 1. The lowest BCUT2D eigenvalue weighted by atomic mass is 10.1. The van der Waals surface area contributed by atoms with Crippen molar-refractivity contribution in [2.75, 3.05) is 25.9 Å². The van der Waals surface area contributed by atoms with Gasteiger partial charge < -0.3 is 15.3 Å². The lowest BCUT2D eigenvalue weighted by molar-refractivity contribution is 0.0533. The van der Waals surface area contributed by atoms with Gasteiger partial charge in [0.05, 0.1) is 12.1 Å². The first-order chi connectivity index (χ1) is 9.29. The molecule has 0 atom stereocenters. The highest BCUT2D eigenvalue weighted by atomic mass is 32.2. The van der Waals surface area contributed by atoms with Gasteiger partial charge in [-0.3, -0.25) is 0 Å². The number of thioether (sulfide) groups is 1. The number of benzene rings is 1. The molecule has 0 fully saturated rings. The van der Waals surface area contributed by atoms with E-state index in [9.17, 15) is 14.3 Å². The fourth-order valence-electron chi connectivity index (χ4n) is 1.67. The van der Waals surface area contributed by atoms with E-state index in [0.717, 1.165) is 0 Å². The van der Waals surface area contributed by atoms with E-state index in [-0.39, 0.29) is 18.4 Å². The average Bonchev–Trinajstić information content (AvgIpc) is 2.34. The third kappa shape index (κ3) is 6.25. The van der Waals surface area contributed by atoms with Crippen molar-refractivity contribution in [1.29, 1.82) is 0 Å². The Kier molecular flexibility index (Phi) is 6.29. The molecule has 2 N–H and O–H groups in total. The van der Waals surface area contributed by atoms with Crippen LogP contribution in [0.4, 0.5) is 9.18 Å². The van der Waals surface area contributed by atoms with Crippen LogP contribution in [0, 0.1) is 5.82 Å². The van der Waals surface area contributed by atoms with Crippen LogP contribution in [0.1, 0.15) is 13.8 Å². The Morgan fingerprint density at radius 3 is 2.70 bits per heavy atom. The van der Waals surface area contributed by atoms with E-state index in [2.05, 4.69) is 5.32 Å². The molecule has 0 unspecified atom stereocenters. The van der Waals surface area contributed by atoms with E-state index in [1.807, 2.05) is 0 Å². The van der Waals surface area contributed by atoms with Crippen molar-refractivity contribution < 1.29 is 14.3 Å². The summed E-state index contributed by atoms with van der Waals surface area (Å²) in [5, 5.41) is 12.3. The van der Waals surface area contributed by atoms with E-state index in [0.29, 0.717) is 17.2 Å². The largest absolute Gasteiger partial charge is 0.389 e. The Balaban J connectivity index is 2.27. The predicted octanol–water partition coefficient (Wildman–Crippen LogP) is 2.33. The van der Waals surface area contributed by atoms with E-state index in [1.165, 1.54) is 22.7 Å².